The lowest BCUT2D eigenvalue weighted by atomic mass is 10.2. The predicted molar refractivity (Wildman–Crippen MR) is 97.8 cm³/mol. The molecule has 0 fully saturated rings. The summed E-state index contributed by atoms with van der Waals surface area (Å²) in [6.07, 6.45) is 1.21. The summed E-state index contributed by atoms with van der Waals surface area (Å²) in [6.45, 7) is 1.86. The third kappa shape index (κ3) is 3.54. The zero-order valence-electron chi connectivity index (χ0n) is 13.2. The van der Waals surface area contributed by atoms with E-state index >= 15 is 0 Å². The average Bonchev–Trinajstić information content (AvgIpc) is 2.56. The van der Waals surface area contributed by atoms with Gasteiger partial charge in [-0.2, -0.15) is 0 Å². The number of aromatic amines is 1. The Morgan fingerprint density at radius 2 is 1.88 bits per heavy atom. The molecule has 1 aromatic heterocycles. The highest BCUT2D eigenvalue weighted by Crippen LogP contribution is 2.19. The molecule has 0 unspecified atom stereocenters. The Kier molecular flexibility index (Phi) is 4.54. The minimum absolute atomic E-state index is 0.115. The molecule has 2 N–H and O–H groups in total. The van der Waals surface area contributed by atoms with Crippen molar-refractivity contribution in [3.05, 3.63) is 85.5 Å². The molecule has 3 aromatic rings. The summed E-state index contributed by atoms with van der Waals surface area (Å²) in [7, 11) is 0. The number of aromatic nitrogens is 2. The van der Waals surface area contributed by atoms with E-state index in [4.69, 9.17) is 11.6 Å². The summed E-state index contributed by atoms with van der Waals surface area (Å²) < 4.78 is 1.03. The van der Waals surface area contributed by atoms with Crippen molar-refractivity contribution in [3.8, 4) is 11.6 Å². The molecule has 0 radical (unpaired) electrons. The molecule has 0 aliphatic rings. The third-order valence-corrected chi connectivity index (χ3v) is 3.80. The Morgan fingerprint density at radius 1 is 1.16 bits per heavy atom. The lowest BCUT2D eigenvalue weighted by Gasteiger charge is -2.10. The number of benzene rings is 2. The molecule has 126 valence electrons. The number of nitrogens with one attached hydrogen (secondary N) is 1. The Morgan fingerprint density at radius 3 is 2.56 bits per heavy atom. The minimum atomic E-state index is -0.725. The molecule has 0 saturated heterocycles. The highest BCUT2D eigenvalue weighted by atomic mass is 35.5. The maximum Gasteiger partial charge on any atom is 0.335 e. The quantitative estimate of drug-likeness (QED) is 0.708. The fraction of sp³-hybridized carbons (Fsp3) is 0.0556. The topological polar surface area (TPSA) is 87.4 Å². The predicted octanol–water partition coefficient (Wildman–Crippen LogP) is 2.94. The maximum absolute atomic E-state index is 12.1. The zero-order chi connectivity index (χ0) is 18.0. The lowest BCUT2D eigenvalue weighted by molar-refractivity contribution is 0.430. The number of H-pyrrole nitrogens is 1. The standard InChI is InChI=1S/C18H14ClN3O3/c1-11-3-2-4-14(9-11)22-17(24)15(16(23)21-18(22)25)10-20-13-7-5-12(19)6-8-13/h2-10,24H,1H3,(H,21,23,25). The van der Waals surface area contributed by atoms with Crippen molar-refractivity contribution in [1.82, 2.24) is 9.55 Å². The van der Waals surface area contributed by atoms with Crippen molar-refractivity contribution in [2.75, 3.05) is 0 Å². The van der Waals surface area contributed by atoms with Crippen LogP contribution >= 0.6 is 11.6 Å². The van der Waals surface area contributed by atoms with Gasteiger partial charge in [0.15, 0.2) is 0 Å². The number of rotatable bonds is 3. The van der Waals surface area contributed by atoms with Gasteiger partial charge < -0.3 is 5.11 Å². The number of hydrogen-bond acceptors (Lipinski definition) is 4. The molecule has 6 nitrogen and oxygen atoms in total. The van der Waals surface area contributed by atoms with E-state index in [1.165, 1.54) is 6.21 Å². The van der Waals surface area contributed by atoms with E-state index in [-0.39, 0.29) is 5.56 Å². The summed E-state index contributed by atoms with van der Waals surface area (Å²) in [4.78, 5) is 30.5. The van der Waals surface area contributed by atoms with E-state index in [1.807, 2.05) is 13.0 Å². The van der Waals surface area contributed by atoms with Crippen LogP contribution in [0.4, 0.5) is 5.69 Å². The number of aromatic hydroxyl groups is 1. The molecule has 0 atom stereocenters. The van der Waals surface area contributed by atoms with Crippen molar-refractivity contribution in [2.24, 2.45) is 4.99 Å². The normalized spacial score (nSPS) is 11.1. The van der Waals surface area contributed by atoms with Crippen LogP contribution in [0.15, 0.2) is 63.1 Å². The SMILES string of the molecule is Cc1cccc(-n2c(O)c(C=Nc3ccc(Cl)cc3)c(=O)[nH]c2=O)c1. The molecular formula is C18H14ClN3O3. The van der Waals surface area contributed by atoms with Gasteiger partial charge >= 0.3 is 5.69 Å². The molecule has 0 aliphatic heterocycles. The van der Waals surface area contributed by atoms with Crippen LogP contribution in [0.5, 0.6) is 5.88 Å². The highest BCUT2D eigenvalue weighted by molar-refractivity contribution is 6.30. The van der Waals surface area contributed by atoms with Crippen molar-refractivity contribution < 1.29 is 5.11 Å². The van der Waals surface area contributed by atoms with Gasteiger partial charge in [0.2, 0.25) is 5.88 Å². The molecular weight excluding hydrogens is 342 g/mol. The summed E-state index contributed by atoms with van der Waals surface area (Å²) in [5, 5.41) is 11.0. The molecule has 2 aromatic carbocycles. The van der Waals surface area contributed by atoms with Crippen molar-refractivity contribution >= 4 is 23.5 Å². The van der Waals surface area contributed by atoms with E-state index in [0.717, 1.165) is 10.1 Å². The van der Waals surface area contributed by atoms with E-state index in [1.54, 1.807) is 42.5 Å². The molecule has 0 saturated carbocycles. The third-order valence-electron chi connectivity index (χ3n) is 3.55. The van der Waals surface area contributed by atoms with Crippen LogP contribution in [0, 0.1) is 6.92 Å². The summed E-state index contributed by atoms with van der Waals surface area (Å²) in [6, 6.07) is 13.6. The molecule has 3 rings (SSSR count). The van der Waals surface area contributed by atoms with E-state index in [2.05, 4.69) is 9.98 Å². The van der Waals surface area contributed by atoms with Gasteiger partial charge in [-0.25, -0.2) is 9.36 Å². The first-order chi connectivity index (χ1) is 12.0. The maximum atomic E-state index is 12.1. The van der Waals surface area contributed by atoms with Crippen LogP contribution in [0.25, 0.3) is 5.69 Å². The monoisotopic (exact) mass is 355 g/mol. The van der Waals surface area contributed by atoms with Crippen LogP contribution in [0.1, 0.15) is 11.1 Å². The van der Waals surface area contributed by atoms with Crippen molar-refractivity contribution in [3.63, 3.8) is 0 Å². The Balaban J connectivity index is 2.12. The second-order valence-electron chi connectivity index (χ2n) is 5.41. The van der Waals surface area contributed by atoms with Gasteiger partial charge in [0.05, 0.1) is 11.4 Å². The Hall–Kier alpha value is -3.12. The molecule has 7 heteroatoms. The van der Waals surface area contributed by atoms with Gasteiger partial charge in [0.25, 0.3) is 5.56 Å². The van der Waals surface area contributed by atoms with Gasteiger partial charge in [-0.3, -0.25) is 14.8 Å². The number of aliphatic imine (C=N–C) groups is 1. The first kappa shape index (κ1) is 16.7. The van der Waals surface area contributed by atoms with Gasteiger partial charge in [-0.15, -0.1) is 0 Å². The molecule has 1 heterocycles. The van der Waals surface area contributed by atoms with E-state index in [9.17, 15) is 14.7 Å². The van der Waals surface area contributed by atoms with Gasteiger partial charge in [0.1, 0.15) is 5.56 Å². The number of hydrogen-bond donors (Lipinski definition) is 2. The number of nitrogens with zero attached hydrogens (tertiary/aromatic N) is 2. The second-order valence-corrected chi connectivity index (χ2v) is 5.84. The average molecular weight is 356 g/mol. The first-order valence-corrected chi connectivity index (χ1v) is 7.78. The smallest absolute Gasteiger partial charge is 0.335 e. The van der Waals surface area contributed by atoms with Crippen LogP contribution in [0.2, 0.25) is 5.02 Å². The molecule has 0 spiro atoms. The fourth-order valence-electron chi connectivity index (χ4n) is 2.33. The van der Waals surface area contributed by atoms with Crippen LogP contribution in [-0.2, 0) is 0 Å². The van der Waals surface area contributed by atoms with Crippen LogP contribution < -0.4 is 11.2 Å². The second kappa shape index (κ2) is 6.78. The van der Waals surface area contributed by atoms with Crippen molar-refractivity contribution in [2.45, 2.75) is 6.92 Å². The molecule has 25 heavy (non-hydrogen) atoms. The highest BCUT2D eigenvalue weighted by Gasteiger charge is 2.14. The van der Waals surface area contributed by atoms with E-state index in [0.29, 0.717) is 16.4 Å². The van der Waals surface area contributed by atoms with Gasteiger partial charge in [-0.05, 0) is 48.9 Å². The Bertz CT molecular complexity index is 1070. The number of halogens is 1. The Labute approximate surface area is 147 Å². The van der Waals surface area contributed by atoms with Gasteiger partial charge in [-0.1, -0.05) is 23.7 Å². The number of aryl methyl sites for hydroxylation is 1. The summed E-state index contributed by atoms with van der Waals surface area (Å²) in [5.74, 6) is -0.475. The molecule has 0 amide bonds. The fourth-order valence-corrected chi connectivity index (χ4v) is 2.45. The summed E-state index contributed by atoms with van der Waals surface area (Å²) >= 11 is 5.81. The molecule has 0 aliphatic carbocycles. The van der Waals surface area contributed by atoms with Gasteiger partial charge in [0, 0.05) is 11.2 Å². The van der Waals surface area contributed by atoms with E-state index < -0.39 is 17.1 Å². The zero-order valence-corrected chi connectivity index (χ0v) is 14.0. The molecule has 0 bridgehead atoms. The summed E-state index contributed by atoms with van der Waals surface area (Å²) in [5.41, 5.74) is 0.347. The first-order valence-electron chi connectivity index (χ1n) is 7.40. The van der Waals surface area contributed by atoms with Crippen LogP contribution in [0.3, 0.4) is 0 Å². The lowest BCUT2D eigenvalue weighted by Crippen LogP contribution is -2.31. The minimum Gasteiger partial charge on any atom is -0.493 e. The van der Waals surface area contributed by atoms with Crippen molar-refractivity contribution in [1.29, 1.82) is 0 Å². The van der Waals surface area contributed by atoms with Crippen LogP contribution in [-0.4, -0.2) is 20.9 Å². The largest absolute Gasteiger partial charge is 0.493 e.